The van der Waals surface area contributed by atoms with Gasteiger partial charge in [0.05, 0.1) is 5.56 Å². The van der Waals surface area contributed by atoms with Gasteiger partial charge in [-0.25, -0.2) is 4.79 Å². The Hall–Kier alpha value is -1.31. The van der Waals surface area contributed by atoms with Crippen molar-refractivity contribution in [2.75, 3.05) is 14.1 Å². The van der Waals surface area contributed by atoms with Crippen LogP contribution in [-0.2, 0) is 11.3 Å². The SMILES string of the molecule is CN=C(NC)NCc1cccc(C(=O)OC(C)(C)C)c1.I. The Morgan fingerprint density at radius 2 is 2.00 bits per heavy atom. The van der Waals surface area contributed by atoms with E-state index in [0.717, 1.165) is 5.56 Å². The molecular formula is C15H24IN3O2. The molecule has 1 rings (SSSR count). The second-order valence-corrected chi connectivity index (χ2v) is 5.38. The first kappa shape index (κ1) is 19.7. The van der Waals surface area contributed by atoms with Crippen molar-refractivity contribution in [3.63, 3.8) is 0 Å². The summed E-state index contributed by atoms with van der Waals surface area (Å²) in [6.07, 6.45) is 0. The van der Waals surface area contributed by atoms with Crippen LogP contribution in [0, 0.1) is 0 Å². The minimum absolute atomic E-state index is 0. The fourth-order valence-corrected chi connectivity index (χ4v) is 1.61. The van der Waals surface area contributed by atoms with Crippen LogP contribution >= 0.6 is 24.0 Å². The Morgan fingerprint density at radius 3 is 2.52 bits per heavy atom. The molecule has 0 saturated heterocycles. The molecule has 5 nitrogen and oxygen atoms in total. The van der Waals surface area contributed by atoms with Gasteiger partial charge in [0.2, 0.25) is 0 Å². The fourth-order valence-electron chi connectivity index (χ4n) is 1.61. The van der Waals surface area contributed by atoms with Gasteiger partial charge in [-0.05, 0) is 38.5 Å². The minimum atomic E-state index is -0.487. The molecular weight excluding hydrogens is 381 g/mol. The van der Waals surface area contributed by atoms with Crippen LogP contribution < -0.4 is 10.6 Å². The molecule has 0 unspecified atom stereocenters. The van der Waals surface area contributed by atoms with Crippen LogP contribution in [0.1, 0.15) is 36.7 Å². The lowest BCUT2D eigenvalue weighted by Crippen LogP contribution is -2.34. The summed E-state index contributed by atoms with van der Waals surface area (Å²) in [4.78, 5) is 16.0. The van der Waals surface area contributed by atoms with Crippen LogP contribution in [0.15, 0.2) is 29.3 Å². The van der Waals surface area contributed by atoms with Gasteiger partial charge in [0, 0.05) is 20.6 Å². The van der Waals surface area contributed by atoms with Crippen LogP contribution in [0.4, 0.5) is 0 Å². The van der Waals surface area contributed by atoms with Crippen molar-refractivity contribution in [3.8, 4) is 0 Å². The van der Waals surface area contributed by atoms with Gasteiger partial charge in [0.15, 0.2) is 5.96 Å². The molecule has 0 aliphatic heterocycles. The zero-order valence-corrected chi connectivity index (χ0v) is 15.5. The quantitative estimate of drug-likeness (QED) is 0.351. The largest absolute Gasteiger partial charge is 0.456 e. The van der Waals surface area contributed by atoms with E-state index in [1.807, 2.05) is 39.0 Å². The maximum Gasteiger partial charge on any atom is 0.338 e. The molecule has 0 amide bonds. The van der Waals surface area contributed by atoms with E-state index in [2.05, 4.69) is 15.6 Å². The summed E-state index contributed by atoms with van der Waals surface area (Å²) in [5.41, 5.74) is 1.06. The first-order valence-corrected chi connectivity index (χ1v) is 6.56. The topological polar surface area (TPSA) is 62.7 Å². The lowest BCUT2D eigenvalue weighted by molar-refractivity contribution is 0.00694. The van der Waals surface area contributed by atoms with Crippen molar-refractivity contribution >= 4 is 35.9 Å². The van der Waals surface area contributed by atoms with Gasteiger partial charge < -0.3 is 15.4 Å². The summed E-state index contributed by atoms with van der Waals surface area (Å²) in [5, 5.41) is 6.07. The van der Waals surface area contributed by atoms with Crippen molar-refractivity contribution in [2.45, 2.75) is 32.9 Å². The predicted molar refractivity (Wildman–Crippen MR) is 96.3 cm³/mol. The lowest BCUT2D eigenvalue weighted by Gasteiger charge is -2.19. The molecule has 0 aromatic heterocycles. The van der Waals surface area contributed by atoms with Crippen LogP contribution in [0.25, 0.3) is 0 Å². The summed E-state index contributed by atoms with van der Waals surface area (Å²) in [7, 11) is 3.50. The Kier molecular flexibility index (Phi) is 8.31. The third-order valence-corrected chi connectivity index (χ3v) is 2.48. The predicted octanol–water partition coefficient (Wildman–Crippen LogP) is 2.55. The zero-order chi connectivity index (χ0) is 15.2. The highest BCUT2D eigenvalue weighted by molar-refractivity contribution is 14.0. The smallest absolute Gasteiger partial charge is 0.338 e. The van der Waals surface area contributed by atoms with Crippen molar-refractivity contribution in [3.05, 3.63) is 35.4 Å². The Labute approximate surface area is 143 Å². The van der Waals surface area contributed by atoms with Crippen LogP contribution in [0.5, 0.6) is 0 Å². The van der Waals surface area contributed by atoms with Crippen LogP contribution in [0.3, 0.4) is 0 Å². The minimum Gasteiger partial charge on any atom is -0.456 e. The zero-order valence-electron chi connectivity index (χ0n) is 13.2. The lowest BCUT2D eigenvalue weighted by atomic mass is 10.1. The number of ether oxygens (including phenoxy) is 1. The molecule has 0 aliphatic rings. The number of hydrogen-bond acceptors (Lipinski definition) is 3. The third-order valence-electron chi connectivity index (χ3n) is 2.48. The molecule has 21 heavy (non-hydrogen) atoms. The van der Waals surface area contributed by atoms with Gasteiger partial charge in [-0.2, -0.15) is 0 Å². The van der Waals surface area contributed by atoms with Crippen molar-refractivity contribution in [1.82, 2.24) is 10.6 Å². The normalized spacial score (nSPS) is 11.4. The van der Waals surface area contributed by atoms with E-state index in [1.165, 1.54) is 0 Å². The van der Waals surface area contributed by atoms with Crippen molar-refractivity contribution in [1.29, 1.82) is 0 Å². The summed E-state index contributed by atoms with van der Waals surface area (Å²) in [5.74, 6) is 0.394. The van der Waals surface area contributed by atoms with E-state index in [-0.39, 0.29) is 29.9 Å². The number of rotatable bonds is 3. The van der Waals surface area contributed by atoms with E-state index in [1.54, 1.807) is 20.2 Å². The second-order valence-electron chi connectivity index (χ2n) is 5.38. The summed E-state index contributed by atoms with van der Waals surface area (Å²) in [6.45, 7) is 6.15. The number of hydrogen-bond donors (Lipinski definition) is 2. The molecule has 1 aromatic carbocycles. The number of carbonyl (C=O) groups is 1. The van der Waals surface area contributed by atoms with Gasteiger partial charge in [0.1, 0.15) is 5.60 Å². The summed E-state index contributed by atoms with van der Waals surface area (Å²) >= 11 is 0. The van der Waals surface area contributed by atoms with Gasteiger partial charge in [0.25, 0.3) is 0 Å². The van der Waals surface area contributed by atoms with Crippen LogP contribution in [0.2, 0.25) is 0 Å². The number of carbonyl (C=O) groups excluding carboxylic acids is 1. The fraction of sp³-hybridized carbons (Fsp3) is 0.467. The number of esters is 1. The summed E-state index contributed by atoms with van der Waals surface area (Å²) in [6, 6.07) is 7.37. The van der Waals surface area contributed by atoms with Crippen molar-refractivity contribution in [2.24, 2.45) is 4.99 Å². The number of halogens is 1. The highest BCUT2D eigenvalue weighted by Gasteiger charge is 2.17. The highest BCUT2D eigenvalue weighted by Crippen LogP contribution is 2.13. The molecule has 6 heteroatoms. The molecule has 0 heterocycles. The van der Waals surface area contributed by atoms with E-state index < -0.39 is 5.60 Å². The first-order valence-electron chi connectivity index (χ1n) is 6.56. The van der Waals surface area contributed by atoms with Crippen molar-refractivity contribution < 1.29 is 9.53 Å². The molecule has 0 fully saturated rings. The van der Waals surface area contributed by atoms with E-state index in [9.17, 15) is 4.79 Å². The Morgan fingerprint density at radius 1 is 1.33 bits per heavy atom. The monoisotopic (exact) mass is 405 g/mol. The average Bonchev–Trinajstić information content (AvgIpc) is 2.38. The average molecular weight is 405 g/mol. The van der Waals surface area contributed by atoms with Gasteiger partial charge >= 0.3 is 5.97 Å². The number of benzene rings is 1. The highest BCUT2D eigenvalue weighted by atomic mass is 127. The molecule has 0 saturated carbocycles. The molecule has 0 aliphatic carbocycles. The number of guanidine groups is 1. The number of nitrogens with one attached hydrogen (secondary N) is 2. The van der Waals surface area contributed by atoms with E-state index >= 15 is 0 Å². The first-order chi connectivity index (χ1) is 9.35. The van der Waals surface area contributed by atoms with E-state index in [0.29, 0.717) is 18.1 Å². The Bertz CT molecular complexity index is 496. The van der Waals surface area contributed by atoms with Crippen LogP contribution in [-0.4, -0.2) is 31.6 Å². The maximum absolute atomic E-state index is 12.0. The maximum atomic E-state index is 12.0. The van der Waals surface area contributed by atoms with Gasteiger partial charge in [-0.1, -0.05) is 12.1 Å². The van der Waals surface area contributed by atoms with Gasteiger partial charge in [-0.15, -0.1) is 24.0 Å². The van der Waals surface area contributed by atoms with Gasteiger partial charge in [-0.3, -0.25) is 4.99 Å². The molecule has 0 bridgehead atoms. The second kappa shape index (κ2) is 8.86. The third kappa shape index (κ3) is 7.31. The number of aliphatic imine (C=N–C) groups is 1. The molecule has 0 radical (unpaired) electrons. The molecule has 2 N–H and O–H groups in total. The van der Waals surface area contributed by atoms with E-state index in [4.69, 9.17) is 4.74 Å². The molecule has 0 atom stereocenters. The standard InChI is InChI=1S/C15H23N3O2.HI/c1-15(2,3)20-13(19)12-8-6-7-11(9-12)10-18-14(16-4)17-5;/h6-9H,10H2,1-5H3,(H2,16,17,18);1H. The molecule has 118 valence electrons. The number of nitrogens with zero attached hydrogens (tertiary/aromatic N) is 1. The molecule has 0 spiro atoms. The Balaban J connectivity index is 0.00000400. The molecule has 1 aromatic rings. The summed E-state index contributed by atoms with van der Waals surface area (Å²) < 4.78 is 5.35.